The number of benzene rings is 4. The first-order valence-electron chi connectivity index (χ1n) is 14.6. The van der Waals surface area contributed by atoms with E-state index in [0.717, 1.165) is 5.56 Å². The molecule has 1 aliphatic heterocycles. The van der Waals surface area contributed by atoms with Crippen molar-refractivity contribution in [2.45, 2.75) is 19.6 Å². The fourth-order valence-corrected chi connectivity index (χ4v) is 6.83. The molecule has 47 heavy (non-hydrogen) atoms. The average molecular weight is 718 g/mol. The van der Waals surface area contributed by atoms with Gasteiger partial charge in [0.15, 0.2) is 16.3 Å². The van der Waals surface area contributed by atoms with Crippen LogP contribution in [-0.4, -0.2) is 24.3 Å². The second kappa shape index (κ2) is 13.9. The molecule has 238 valence electrons. The van der Waals surface area contributed by atoms with Crippen molar-refractivity contribution in [2.24, 2.45) is 4.99 Å². The number of esters is 1. The van der Waals surface area contributed by atoms with E-state index in [1.807, 2.05) is 30.3 Å². The van der Waals surface area contributed by atoms with Crippen LogP contribution in [0.5, 0.6) is 11.5 Å². The third kappa shape index (κ3) is 6.68. The number of nitrogens with zero attached hydrogens (tertiary/aromatic N) is 2. The van der Waals surface area contributed by atoms with E-state index in [2.05, 4.69) is 15.9 Å². The highest BCUT2D eigenvalue weighted by molar-refractivity contribution is 9.10. The van der Waals surface area contributed by atoms with Crippen LogP contribution in [-0.2, 0) is 16.1 Å². The number of carbonyl (C=O) groups excluding carboxylic acids is 1. The van der Waals surface area contributed by atoms with Gasteiger partial charge in [0.2, 0.25) is 0 Å². The largest absolute Gasteiger partial charge is 0.493 e. The third-order valence-corrected chi connectivity index (χ3v) is 8.98. The van der Waals surface area contributed by atoms with Gasteiger partial charge in [-0.2, -0.15) is 0 Å². The molecule has 4 aromatic carbocycles. The van der Waals surface area contributed by atoms with Crippen LogP contribution in [0.3, 0.4) is 0 Å². The van der Waals surface area contributed by atoms with Gasteiger partial charge >= 0.3 is 5.97 Å². The minimum Gasteiger partial charge on any atom is -0.493 e. The quantitative estimate of drug-likeness (QED) is 0.162. The maximum Gasteiger partial charge on any atom is 0.338 e. The van der Waals surface area contributed by atoms with Crippen molar-refractivity contribution in [3.05, 3.63) is 155 Å². The molecular weight excluding hydrogens is 690 g/mol. The lowest BCUT2D eigenvalue weighted by Gasteiger charge is -2.25. The molecule has 2 heterocycles. The van der Waals surface area contributed by atoms with Gasteiger partial charge in [-0.05, 0) is 82.0 Å². The predicted molar refractivity (Wildman–Crippen MR) is 179 cm³/mol. The standard InChI is InChI=1S/C36H27BrF2N2O5S/c1-3-45-35(43)30-31(23-7-5-4-6-8-23)40-36-41(32(30)24-11-15-26(39)16-12-24)34(42)29(47-36)19-22-17-27(37)33(28(18-22)44-2)46-20-21-9-13-25(38)14-10-21/h4-19,32H,3,20H2,1-2H3/b29-19-/t32-/m0/s1. The first kappa shape index (κ1) is 32.1. The summed E-state index contributed by atoms with van der Waals surface area (Å²) >= 11 is 4.72. The number of aromatic nitrogens is 1. The van der Waals surface area contributed by atoms with Crippen molar-refractivity contribution in [3.63, 3.8) is 0 Å². The maximum absolute atomic E-state index is 14.2. The Labute approximate surface area is 280 Å². The van der Waals surface area contributed by atoms with E-state index >= 15 is 0 Å². The maximum atomic E-state index is 14.2. The zero-order valence-corrected chi connectivity index (χ0v) is 27.6. The van der Waals surface area contributed by atoms with Crippen LogP contribution in [0.1, 0.15) is 35.2 Å². The fraction of sp³-hybridized carbons (Fsp3) is 0.139. The van der Waals surface area contributed by atoms with Crippen molar-refractivity contribution in [2.75, 3.05) is 13.7 Å². The Kier molecular flexibility index (Phi) is 9.46. The van der Waals surface area contributed by atoms with Crippen molar-refractivity contribution < 1.29 is 27.8 Å². The van der Waals surface area contributed by atoms with E-state index in [0.29, 0.717) is 47.7 Å². The Balaban J connectivity index is 1.48. The summed E-state index contributed by atoms with van der Waals surface area (Å²) in [5.74, 6) is -0.544. The molecule has 0 saturated carbocycles. The molecule has 0 spiro atoms. The number of methoxy groups -OCH3 is 1. The van der Waals surface area contributed by atoms with Crippen LogP contribution >= 0.6 is 27.3 Å². The predicted octanol–water partition coefficient (Wildman–Crippen LogP) is 6.56. The van der Waals surface area contributed by atoms with Gasteiger partial charge in [0.25, 0.3) is 5.56 Å². The second-order valence-electron chi connectivity index (χ2n) is 10.4. The molecule has 0 bridgehead atoms. The molecule has 1 aromatic heterocycles. The Bertz CT molecular complexity index is 2160. The van der Waals surface area contributed by atoms with Gasteiger partial charge in [0, 0.05) is 5.56 Å². The van der Waals surface area contributed by atoms with Crippen molar-refractivity contribution in [3.8, 4) is 11.5 Å². The van der Waals surface area contributed by atoms with Crippen molar-refractivity contribution in [1.29, 1.82) is 0 Å². The number of thiazole rings is 1. The summed E-state index contributed by atoms with van der Waals surface area (Å²) in [6.45, 7) is 2.00. The minimum absolute atomic E-state index is 0.116. The zero-order valence-electron chi connectivity index (χ0n) is 25.2. The molecule has 0 aliphatic carbocycles. The molecule has 1 atom stereocenters. The Morgan fingerprint density at radius 1 is 1.00 bits per heavy atom. The fourth-order valence-electron chi connectivity index (χ4n) is 5.25. The lowest BCUT2D eigenvalue weighted by atomic mass is 9.93. The Morgan fingerprint density at radius 2 is 1.68 bits per heavy atom. The van der Waals surface area contributed by atoms with Crippen LogP contribution in [0.25, 0.3) is 11.8 Å². The van der Waals surface area contributed by atoms with E-state index < -0.39 is 17.8 Å². The molecule has 1 aliphatic rings. The smallest absolute Gasteiger partial charge is 0.338 e. The van der Waals surface area contributed by atoms with Gasteiger partial charge in [0.1, 0.15) is 18.2 Å². The summed E-state index contributed by atoms with van der Waals surface area (Å²) in [5.41, 5.74) is 2.78. The van der Waals surface area contributed by atoms with Gasteiger partial charge in [-0.15, -0.1) is 0 Å². The van der Waals surface area contributed by atoms with Crippen LogP contribution < -0.4 is 24.4 Å². The highest BCUT2D eigenvalue weighted by atomic mass is 79.9. The van der Waals surface area contributed by atoms with Gasteiger partial charge in [-0.25, -0.2) is 18.6 Å². The number of carbonyl (C=O) groups is 1. The summed E-state index contributed by atoms with van der Waals surface area (Å²) in [6, 6.07) is 23.5. The average Bonchev–Trinajstić information content (AvgIpc) is 3.38. The number of hydrogen-bond donors (Lipinski definition) is 0. The zero-order chi connectivity index (χ0) is 33.1. The summed E-state index contributed by atoms with van der Waals surface area (Å²) in [4.78, 5) is 32.9. The molecule has 11 heteroatoms. The molecule has 0 unspecified atom stereocenters. The van der Waals surface area contributed by atoms with E-state index in [-0.39, 0.29) is 30.2 Å². The third-order valence-electron chi connectivity index (χ3n) is 7.41. The molecule has 6 rings (SSSR count). The molecule has 0 saturated heterocycles. The van der Waals surface area contributed by atoms with Crippen molar-refractivity contribution in [1.82, 2.24) is 4.57 Å². The second-order valence-corrected chi connectivity index (χ2v) is 12.3. The number of hydrogen-bond acceptors (Lipinski definition) is 7. The SMILES string of the molecule is CCOC(=O)C1=C(c2ccccc2)N=c2s/c(=C\c3cc(Br)c(OCc4ccc(F)cc4)c(OC)c3)c(=O)n2[C@H]1c1ccc(F)cc1. The van der Waals surface area contributed by atoms with Gasteiger partial charge in [-0.3, -0.25) is 9.36 Å². The number of fused-ring (bicyclic) bond motifs is 1. The lowest BCUT2D eigenvalue weighted by molar-refractivity contribution is -0.138. The highest BCUT2D eigenvalue weighted by Gasteiger charge is 2.35. The molecule has 7 nitrogen and oxygen atoms in total. The van der Waals surface area contributed by atoms with E-state index in [1.165, 1.54) is 47.3 Å². The molecule has 0 fully saturated rings. The van der Waals surface area contributed by atoms with Crippen LogP contribution in [0.15, 0.2) is 111 Å². The molecule has 5 aromatic rings. The number of ether oxygens (including phenoxy) is 3. The molecular formula is C36H27BrF2N2O5S. The first-order chi connectivity index (χ1) is 22.8. The van der Waals surface area contributed by atoms with Gasteiger partial charge in [-0.1, -0.05) is 65.9 Å². The minimum atomic E-state index is -0.924. The highest BCUT2D eigenvalue weighted by Crippen LogP contribution is 2.38. The molecule has 0 amide bonds. The van der Waals surface area contributed by atoms with Crippen LogP contribution in [0.2, 0.25) is 0 Å². The molecule has 0 N–H and O–H groups in total. The van der Waals surface area contributed by atoms with Crippen LogP contribution in [0.4, 0.5) is 8.78 Å². The van der Waals surface area contributed by atoms with Gasteiger partial charge in [0.05, 0.1) is 40.0 Å². The topological polar surface area (TPSA) is 79.1 Å². The Morgan fingerprint density at radius 3 is 2.34 bits per heavy atom. The first-order valence-corrected chi connectivity index (χ1v) is 16.2. The molecule has 0 radical (unpaired) electrons. The summed E-state index contributed by atoms with van der Waals surface area (Å²) in [5, 5.41) is 0. The Hall–Kier alpha value is -4.87. The monoisotopic (exact) mass is 716 g/mol. The normalized spacial score (nSPS) is 14.4. The summed E-state index contributed by atoms with van der Waals surface area (Å²) in [6.07, 6.45) is 1.71. The van der Waals surface area contributed by atoms with E-state index in [4.69, 9.17) is 19.2 Å². The van der Waals surface area contributed by atoms with E-state index in [9.17, 15) is 18.4 Å². The van der Waals surface area contributed by atoms with Gasteiger partial charge < -0.3 is 14.2 Å². The van der Waals surface area contributed by atoms with E-state index in [1.54, 1.807) is 49.4 Å². The lowest BCUT2D eigenvalue weighted by Crippen LogP contribution is -2.40. The summed E-state index contributed by atoms with van der Waals surface area (Å²) < 4.78 is 46.8. The van der Waals surface area contributed by atoms with Crippen molar-refractivity contribution >= 4 is 45.0 Å². The number of rotatable bonds is 9. The van der Waals surface area contributed by atoms with Crippen LogP contribution in [0, 0.1) is 11.6 Å². The number of halogens is 3. The summed E-state index contributed by atoms with van der Waals surface area (Å²) in [7, 11) is 1.51.